The molecule has 2 aromatic carbocycles. The van der Waals surface area contributed by atoms with E-state index < -0.39 is 0 Å². The summed E-state index contributed by atoms with van der Waals surface area (Å²) in [7, 11) is 1.64. The Morgan fingerprint density at radius 3 is 2.48 bits per heavy atom. The standard InChI is InChI=1S/C25H29FN2O3/c1-3-4-13-27-25(29)24-12-11-23(31-24)18-28(16-19-7-5-9-21(26)14-19)17-20-8-6-10-22(15-20)30-2/h5-12,14-15H,3-4,13,16-18H2,1-2H3,(H,27,29). The number of ether oxygens (including phenoxy) is 1. The first-order valence-corrected chi connectivity index (χ1v) is 10.5. The molecule has 0 saturated heterocycles. The van der Waals surface area contributed by atoms with Gasteiger partial charge in [0.2, 0.25) is 0 Å². The molecule has 1 aromatic heterocycles. The van der Waals surface area contributed by atoms with Gasteiger partial charge in [-0.2, -0.15) is 0 Å². The summed E-state index contributed by atoms with van der Waals surface area (Å²) in [6.45, 7) is 4.34. The van der Waals surface area contributed by atoms with Gasteiger partial charge in [-0.1, -0.05) is 37.6 Å². The number of carbonyl (C=O) groups is 1. The minimum Gasteiger partial charge on any atom is -0.497 e. The summed E-state index contributed by atoms with van der Waals surface area (Å²) in [5, 5.41) is 2.86. The van der Waals surface area contributed by atoms with Crippen molar-refractivity contribution in [2.75, 3.05) is 13.7 Å². The van der Waals surface area contributed by atoms with Crippen molar-refractivity contribution in [2.24, 2.45) is 0 Å². The minimum atomic E-state index is -0.261. The SMILES string of the molecule is CCCCNC(=O)c1ccc(CN(Cc2cccc(F)c2)Cc2cccc(OC)c2)o1. The van der Waals surface area contributed by atoms with Gasteiger partial charge in [0.05, 0.1) is 13.7 Å². The number of nitrogens with zero attached hydrogens (tertiary/aromatic N) is 1. The van der Waals surface area contributed by atoms with Crippen molar-refractivity contribution in [1.29, 1.82) is 0 Å². The molecule has 3 rings (SSSR count). The van der Waals surface area contributed by atoms with Gasteiger partial charge >= 0.3 is 0 Å². The molecule has 1 heterocycles. The Labute approximate surface area is 182 Å². The lowest BCUT2D eigenvalue weighted by Crippen LogP contribution is -2.24. The number of hydrogen-bond acceptors (Lipinski definition) is 4. The minimum absolute atomic E-state index is 0.204. The highest BCUT2D eigenvalue weighted by Gasteiger charge is 2.15. The monoisotopic (exact) mass is 424 g/mol. The fourth-order valence-corrected chi connectivity index (χ4v) is 3.36. The number of carbonyl (C=O) groups excluding carboxylic acids is 1. The lowest BCUT2D eigenvalue weighted by atomic mass is 10.1. The van der Waals surface area contributed by atoms with E-state index in [0.29, 0.717) is 37.7 Å². The Balaban J connectivity index is 1.73. The number of hydrogen-bond donors (Lipinski definition) is 1. The van der Waals surface area contributed by atoms with E-state index in [9.17, 15) is 9.18 Å². The summed E-state index contributed by atoms with van der Waals surface area (Å²) in [6, 6.07) is 17.9. The van der Waals surface area contributed by atoms with Gasteiger partial charge < -0.3 is 14.5 Å². The van der Waals surface area contributed by atoms with Crippen LogP contribution in [0.4, 0.5) is 4.39 Å². The van der Waals surface area contributed by atoms with Crippen LogP contribution in [0.3, 0.4) is 0 Å². The van der Waals surface area contributed by atoms with E-state index in [1.165, 1.54) is 12.1 Å². The van der Waals surface area contributed by atoms with E-state index in [4.69, 9.17) is 9.15 Å². The molecule has 1 N–H and O–H groups in total. The van der Waals surface area contributed by atoms with Crippen LogP contribution >= 0.6 is 0 Å². The van der Waals surface area contributed by atoms with Gasteiger partial charge in [-0.25, -0.2) is 4.39 Å². The van der Waals surface area contributed by atoms with Crippen LogP contribution in [0.15, 0.2) is 65.1 Å². The molecule has 0 saturated carbocycles. The first-order chi connectivity index (χ1) is 15.1. The highest BCUT2D eigenvalue weighted by Crippen LogP contribution is 2.19. The van der Waals surface area contributed by atoms with Crippen molar-refractivity contribution < 1.29 is 18.3 Å². The Hall–Kier alpha value is -3.12. The molecule has 0 aliphatic rings. The largest absolute Gasteiger partial charge is 0.497 e. The Morgan fingerprint density at radius 1 is 1.03 bits per heavy atom. The Bertz CT molecular complexity index is 986. The van der Waals surface area contributed by atoms with Crippen LogP contribution in [0.5, 0.6) is 5.75 Å². The fourth-order valence-electron chi connectivity index (χ4n) is 3.36. The second kappa shape index (κ2) is 11.3. The molecule has 0 fully saturated rings. The molecular weight excluding hydrogens is 395 g/mol. The van der Waals surface area contributed by atoms with E-state index in [1.54, 1.807) is 19.2 Å². The van der Waals surface area contributed by atoms with Gasteiger partial charge in [0.1, 0.15) is 17.3 Å². The number of unbranched alkanes of at least 4 members (excludes halogenated alkanes) is 1. The molecule has 6 heteroatoms. The molecule has 3 aromatic rings. The van der Waals surface area contributed by atoms with Gasteiger partial charge in [0, 0.05) is 19.6 Å². The zero-order valence-corrected chi connectivity index (χ0v) is 18.1. The van der Waals surface area contributed by atoms with Crippen molar-refractivity contribution in [3.05, 3.63) is 89.1 Å². The van der Waals surface area contributed by atoms with Gasteiger partial charge in [-0.15, -0.1) is 0 Å². The second-order valence-electron chi connectivity index (χ2n) is 7.50. The first kappa shape index (κ1) is 22.6. The molecule has 1 amide bonds. The van der Waals surface area contributed by atoms with Crippen molar-refractivity contribution in [2.45, 2.75) is 39.4 Å². The third-order valence-corrected chi connectivity index (χ3v) is 4.92. The fraction of sp³-hybridized carbons (Fsp3) is 0.320. The number of halogens is 1. The maximum atomic E-state index is 13.7. The van der Waals surface area contributed by atoms with Crippen molar-refractivity contribution in [3.8, 4) is 5.75 Å². The van der Waals surface area contributed by atoms with E-state index in [2.05, 4.69) is 17.1 Å². The van der Waals surface area contributed by atoms with Gasteiger partial charge in [0.25, 0.3) is 5.91 Å². The van der Waals surface area contributed by atoms with Crippen LogP contribution in [0.25, 0.3) is 0 Å². The Kier molecular flexibility index (Phi) is 8.24. The molecule has 0 radical (unpaired) electrons. The third kappa shape index (κ3) is 6.96. The van der Waals surface area contributed by atoms with Crippen LogP contribution in [0.1, 0.15) is 47.2 Å². The average Bonchev–Trinajstić information content (AvgIpc) is 3.22. The molecule has 0 unspecified atom stereocenters. The number of benzene rings is 2. The van der Waals surface area contributed by atoms with Crippen LogP contribution in [0, 0.1) is 5.82 Å². The van der Waals surface area contributed by atoms with Crippen LogP contribution < -0.4 is 10.1 Å². The summed E-state index contributed by atoms with van der Waals surface area (Å²) in [5.41, 5.74) is 1.94. The van der Waals surface area contributed by atoms with E-state index in [1.807, 2.05) is 36.4 Å². The molecule has 0 aliphatic heterocycles. The molecular formula is C25H29FN2O3. The van der Waals surface area contributed by atoms with Crippen molar-refractivity contribution >= 4 is 5.91 Å². The smallest absolute Gasteiger partial charge is 0.286 e. The average molecular weight is 425 g/mol. The number of rotatable bonds is 11. The predicted molar refractivity (Wildman–Crippen MR) is 118 cm³/mol. The molecule has 0 spiro atoms. The molecule has 0 bridgehead atoms. The lowest BCUT2D eigenvalue weighted by molar-refractivity contribution is 0.0921. The predicted octanol–water partition coefficient (Wildman–Crippen LogP) is 5.16. The molecule has 5 nitrogen and oxygen atoms in total. The summed E-state index contributed by atoms with van der Waals surface area (Å²) < 4.78 is 24.8. The number of amides is 1. The number of methoxy groups -OCH3 is 1. The number of nitrogens with one attached hydrogen (secondary N) is 1. The second-order valence-corrected chi connectivity index (χ2v) is 7.50. The highest BCUT2D eigenvalue weighted by atomic mass is 19.1. The lowest BCUT2D eigenvalue weighted by Gasteiger charge is -2.22. The van der Waals surface area contributed by atoms with Gasteiger partial charge in [-0.3, -0.25) is 9.69 Å². The highest BCUT2D eigenvalue weighted by molar-refractivity contribution is 5.91. The normalized spacial score (nSPS) is 11.0. The number of furan rings is 1. The zero-order valence-electron chi connectivity index (χ0n) is 18.1. The first-order valence-electron chi connectivity index (χ1n) is 10.5. The maximum Gasteiger partial charge on any atom is 0.286 e. The summed E-state index contributed by atoms with van der Waals surface area (Å²) in [4.78, 5) is 14.4. The van der Waals surface area contributed by atoms with E-state index in [-0.39, 0.29) is 11.7 Å². The van der Waals surface area contributed by atoms with Crippen LogP contribution in [-0.2, 0) is 19.6 Å². The van der Waals surface area contributed by atoms with Crippen molar-refractivity contribution in [3.63, 3.8) is 0 Å². The van der Waals surface area contributed by atoms with Gasteiger partial charge in [0.15, 0.2) is 5.76 Å². The topological polar surface area (TPSA) is 54.7 Å². The summed E-state index contributed by atoms with van der Waals surface area (Å²) >= 11 is 0. The van der Waals surface area contributed by atoms with E-state index in [0.717, 1.165) is 29.7 Å². The summed E-state index contributed by atoms with van der Waals surface area (Å²) in [5.74, 6) is 1.30. The Morgan fingerprint density at radius 2 is 1.77 bits per heavy atom. The van der Waals surface area contributed by atoms with Gasteiger partial charge in [-0.05, 0) is 53.9 Å². The third-order valence-electron chi connectivity index (χ3n) is 4.92. The van der Waals surface area contributed by atoms with Crippen LogP contribution in [-0.4, -0.2) is 24.5 Å². The molecule has 31 heavy (non-hydrogen) atoms. The van der Waals surface area contributed by atoms with Crippen molar-refractivity contribution in [1.82, 2.24) is 10.2 Å². The molecule has 0 atom stereocenters. The molecule has 164 valence electrons. The van der Waals surface area contributed by atoms with E-state index >= 15 is 0 Å². The molecule has 0 aliphatic carbocycles. The summed E-state index contributed by atoms with van der Waals surface area (Å²) in [6.07, 6.45) is 1.95. The maximum absolute atomic E-state index is 13.7. The van der Waals surface area contributed by atoms with Crippen LogP contribution in [0.2, 0.25) is 0 Å². The zero-order chi connectivity index (χ0) is 22.1. The quantitative estimate of drug-likeness (QED) is 0.432.